The van der Waals surface area contributed by atoms with Crippen molar-refractivity contribution >= 4 is 29.1 Å². The van der Waals surface area contributed by atoms with Crippen LogP contribution in [-0.2, 0) is 4.79 Å². The van der Waals surface area contributed by atoms with Crippen LogP contribution in [0.15, 0.2) is 18.2 Å². The Kier molecular flexibility index (Phi) is 5.56. The van der Waals surface area contributed by atoms with E-state index in [1.165, 1.54) is 18.2 Å². The van der Waals surface area contributed by atoms with Gasteiger partial charge in [0.1, 0.15) is 0 Å². The molecule has 1 aromatic rings. The van der Waals surface area contributed by atoms with Gasteiger partial charge < -0.3 is 21.1 Å². The summed E-state index contributed by atoms with van der Waals surface area (Å²) in [5.74, 6) is -0.594. The van der Waals surface area contributed by atoms with Crippen LogP contribution < -0.4 is 16.0 Å². The number of carboxylic acid groups (broad SMARTS) is 1. The summed E-state index contributed by atoms with van der Waals surface area (Å²) in [5, 5.41) is 27.7. The Labute approximate surface area is 138 Å². The molecule has 0 saturated heterocycles. The standard InChI is InChI=1S/C15H20N4O5/c1-16-12-6-5-11(19(23)24)8-13(12)18-14(20)9-3-2-4-10(7-9)17-15(21)22/h5-6,8-10,16-17H,2-4,7H2,1H3,(H,18,20)(H,21,22)/t9-,10+/m1/s1. The third-order valence-corrected chi connectivity index (χ3v) is 4.11. The fourth-order valence-corrected chi connectivity index (χ4v) is 2.94. The number of carbonyl (C=O) groups excluding carboxylic acids is 1. The first-order valence-electron chi connectivity index (χ1n) is 7.67. The second kappa shape index (κ2) is 7.62. The van der Waals surface area contributed by atoms with Crippen molar-refractivity contribution in [2.45, 2.75) is 31.7 Å². The van der Waals surface area contributed by atoms with Gasteiger partial charge in [-0.15, -0.1) is 0 Å². The molecule has 2 rings (SSSR count). The Morgan fingerprint density at radius 1 is 1.29 bits per heavy atom. The summed E-state index contributed by atoms with van der Waals surface area (Å²) in [6.07, 6.45) is 1.43. The maximum atomic E-state index is 12.5. The molecule has 9 heteroatoms. The first-order chi connectivity index (χ1) is 11.4. The van der Waals surface area contributed by atoms with Crippen LogP contribution in [0.5, 0.6) is 0 Å². The van der Waals surface area contributed by atoms with E-state index in [4.69, 9.17) is 5.11 Å². The number of anilines is 2. The molecule has 0 aliphatic heterocycles. The average molecular weight is 336 g/mol. The van der Waals surface area contributed by atoms with Crippen molar-refractivity contribution in [1.82, 2.24) is 5.32 Å². The Bertz CT molecular complexity index is 649. The maximum Gasteiger partial charge on any atom is 0.404 e. The van der Waals surface area contributed by atoms with Crippen LogP contribution in [0, 0.1) is 16.0 Å². The average Bonchev–Trinajstić information content (AvgIpc) is 2.54. The summed E-state index contributed by atoms with van der Waals surface area (Å²) < 4.78 is 0. The number of amides is 2. The maximum absolute atomic E-state index is 12.5. The van der Waals surface area contributed by atoms with Crippen molar-refractivity contribution in [1.29, 1.82) is 0 Å². The molecule has 0 heterocycles. The van der Waals surface area contributed by atoms with E-state index in [1.807, 2.05) is 0 Å². The summed E-state index contributed by atoms with van der Waals surface area (Å²) in [5.41, 5.74) is 0.799. The zero-order valence-corrected chi connectivity index (χ0v) is 13.2. The Morgan fingerprint density at radius 2 is 2.04 bits per heavy atom. The van der Waals surface area contributed by atoms with Gasteiger partial charge in [-0.05, 0) is 25.3 Å². The third kappa shape index (κ3) is 4.34. The molecule has 9 nitrogen and oxygen atoms in total. The monoisotopic (exact) mass is 336 g/mol. The van der Waals surface area contributed by atoms with Gasteiger partial charge in [0.2, 0.25) is 5.91 Å². The number of nitrogens with zero attached hydrogens (tertiary/aromatic N) is 1. The van der Waals surface area contributed by atoms with Crippen molar-refractivity contribution in [3.05, 3.63) is 28.3 Å². The summed E-state index contributed by atoms with van der Waals surface area (Å²) >= 11 is 0. The van der Waals surface area contributed by atoms with Crippen molar-refractivity contribution < 1.29 is 19.6 Å². The molecule has 130 valence electrons. The molecule has 1 aliphatic carbocycles. The SMILES string of the molecule is CNc1ccc([N+](=O)[O-])cc1NC(=O)[C@@H]1CCC[C@H](NC(=O)O)C1. The van der Waals surface area contributed by atoms with Gasteiger partial charge >= 0.3 is 6.09 Å². The van der Waals surface area contributed by atoms with Crippen molar-refractivity contribution in [3.63, 3.8) is 0 Å². The van der Waals surface area contributed by atoms with Crippen LogP contribution >= 0.6 is 0 Å². The molecule has 0 spiro atoms. The highest BCUT2D eigenvalue weighted by molar-refractivity contribution is 5.96. The van der Waals surface area contributed by atoms with Crippen molar-refractivity contribution in [2.24, 2.45) is 5.92 Å². The van der Waals surface area contributed by atoms with Gasteiger partial charge in [-0.25, -0.2) is 4.79 Å². The highest BCUT2D eigenvalue weighted by atomic mass is 16.6. The molecular weight excluding hydrogens is 316 g/mol. The molecule has 1 fully saturated rings. The molecule has 0 bridgehead atoms. The van der Waals surface area contributed by atoms with Gasteiger partial charge in [0.15, 0.2) is 0 Å². The zero-order chi connectivity index (χ0) is 17.7. The van der Waals surface area contributed by atoms with E-state index in [0.29, 0.717) is 30.6 Å². The number of hydrogen-bond donors (Lipinski definition) is 4. The van der Waals surface area contributed by atoms with Crippen LogP contribution in [0.3, 0.4) is 0 Å². The van der Waals surface area contributed by atoms with E-state index >= 15 is 0 Å². The molecule has 2 amide bonds. The summed E-state index contributed by atoms with van der Waals surface area (Å²) in [4.78, 5) is 33.6. The second-order valence-corrected chi connectivity index (χ2v) is 5.74. The molecule has 24 heavy (non-hydrogen) atoms. The summed E-state index contributed by atoms with van der Waals surface area (Å²) in [6, 6.07) is 3.94. The van der Waals surface area contributed by atoms with E-state index in [0.717, 1.165) is 6.42 Å². The van der Waals surface area contributed by atoms with Gasteiger partial charge in [0.25, 0.3) is 5.69 Å². The summed E-state index contributed by atoms with van der Waals surface area (Å²) in [6.45, 7) is 0. The van der Waals surface area contributed by atoms with Gasteiger partial charge in [0.05, 0.1) is 16.3 Å². The molecule has 0 radical (unpaired) electrons. The van der Waals surface area contributed by atoms with E-state index in [-0.39, 0.29) is 23.6 Å². The molecule has 2 atom stereocenters. The third-order valence-electron chi connectivity index (χ3n) is 4.11. The molecule has 1 aromatic carbocycles. The zero-order valence-electron chi connectivity index (χ0n) is 13.2. The quantitative estimate of drug-likeness (QED) is 0.482. The lowest BCUT2D eigenvalue weighted by atomic mass is 9.85. The Balaban J connectivity index is 2.09. The lowest BCUT2D eigenvalue weighted by Gasteiger charge is -2.28. The van der Waals surface area contributed by atoms with Gasteiger partial charge in [-0.2, -0.15) is 0 Å². The van der Waals surface area contributed by atoms with E-state index in [9.17, 15) is 19.7 Å². The number of nitro groups is 1. The highest BCUT2D eigenvalue weighted by Gasteiger charge is 2.28. The topological polar surface area (TPSA) is 134 Å². The first kappa shape index (κ1) is 17.5. The van der Waals surface area contributed by atoms with Crippen molar-refractivity contribution in [3.8, 4) is 0 Å². The van der Waals surface area contributed by atoms with E-state index in [2.05, 4.69) is 16.0 Å². The number of hydrogen-bond acceptors (Lipinski definition) is 5. The van der Waals surface area contributed by atoms with E-state index in [1.54, 1.807) is 7.05 Å². The second-order valence-electron chi connectivity index (χ2n) is 5.74. The normalized spacial score (nSPS) is 20.0. The number of nitrogens with one attached hydrogen (secondary N) is 3. The Morgan fingerprint density at radius 3 is 2.67 bits per heavy atom. The Hall–Kier alpha value is -2.84. The number of rotatable bonds is 5. The highest BCUT2D eigenvalue weighted by Crippen LogP contribution is 2.30. The molecule has 0 unspecified atom stereocenters. The summed E-state index contributed by atoms with van der Waals surface area (Å²) in [7, 11) is 1.66. The van der Waals surface area contributed by atoms with Crippen molar-refractivity contribution in [2.75, 3.05) is 17.7 Å². The van der Waals surface area contributed by atoms with Gasteiger partial charge in [0, 0.05) is 31.1 Å². The molecule has 4 N–H and O–H groups in total. The molecule has 1 aliphatic rings. The fraction of sp³-hybridized carbons (Fsp3) is 0.467. The predicted octanol–water partition coefficient (Wildman–Crippen LogP) is 2.40. The first-order valence-corrected chi connectivity index (χ1v) is 7.67. The number of non-ortho nitro benzene ring substituents is 1. The minimum absolute atomic E-state index is 0.113. The van der Waals surface area contributed by atoms with Crippen LogP contribution in [0.4, 0.5) is 21.9 Å². The number of benzene rings is 1. The number of carbonyl (C=O) groups is 2. The van der Waals surface area contributed by atoms with Gasteiger partial charge in [-0.1, -0.05) is 6.42 Å². The lowest BCUT2D eigenvalue weighted by molar-refractivity contribution is -0.384. The number of nitro benzene ring substituents is 1. The predicted molar refractivity (Wildman–Crippen MR) is 88.2 cm³/mol. The molecule has 0 aromatic heterocycles. The largest absolute Gasteiger partial charge is 0.465 e. The van der Waals surface area contributed by atoms with Crippen LogP contribution in [0.25, 0.3) is 0 Å². The minimum atomic E-state index is -1.10. The smallest absolute Gasteiger partial charge is 0.404 e. The van der Waals surface area contributed by atoms with Crippen LogP contribution in [0.1, 0.15) is 25.7 Å². The lowest BCUT2D eigenvalue weighted by Crippen LogP contribution is -2.40. The fourth-order valence-electron chi connectivity index (χ4n) is 2.94. The molecule has 1 saturated carbocycles. The van der Waals surface area contributed by atoms with Crippen LogP contribution in [-0.4, -0.2) is 35.1 Å². The molecular formula is C15H20N4O5. The van der Waals surface area contributed by atoms with E-state index < -0.39 is 11.0 Å². The van der Waals surface area contributed by atoms with Crippen LogP contribution in [0.2, 0.25) is 0 Å². The minimum Gasteiger partial charge on any atom is -0.465 e. The van der Waals surface area contributed by atoms with Gasteiger partial charge in [-0.3, -0.25) is 14.9 Å².